The van der Waals surface area contributed by atoms with Crippen LogP contribution >= 0.6 is 0 Å². The minimum absolute atomic E-state index is 0.0360. The van der Waals surface area contributed by atoms with E-state index in [4.69, 9.17) is 14.2 Å². The van der Waals surface area contributed by atoms with Gasteiger partial charge < -0.3 is 29.7 Å². The van der Waals surface area contributed by atoms with E-state index in [0.29, 0.717) is 30.7 Å². The molecule has 0 unspecified atom stereocenters. The summed E-state index contributed by atoms with van der Waals surface area (Å²) in [5, 5.41) is 24.4. The number of aromatic hydroxyl groups is 1. The van der Waals surface area contributed by atoms with Crippen molar-refractivity contribution in [1.82, 2.24) is 5.32 Å². The number of methoxy groups -OCH3 is 1. The molecule has 10 nitrogen and oxygen atoms in total. The number of ether oxygens (including phenoxy) is 3. The monoisotopic (exact) mass is 596 g/mol. The second kappa shape index (κ2) is 13.8. The third-order valence-electron chi connectivity index (χ3n) is 8.46. The van der Waals surface area contributed by atoms with Crippen LogP contribution in [0.3, 0.4) is 0 Å². The van der Waals surface area contributed by atoms with Crippen LogP contribution in [0, 0.1) is 11.8 Å². The van der Waals surface area contributed by atoms with E-state index in [1.165, 1.54) is 0 Å². The quantitative estimate of drug-likeness (QED) is 0.346. The molecule has 7 atom stereocenters. The summed E-state index contributed by atoms with van der Waals surface area (Å²) < 4.78 is 18.0. The molecule has 2 amide bonds. The number of nitrogens with one attached hydrogen (secondary N) is 1. The maximum atomic E-state index is 13.1. The van der Waals surface area contributed by atoms with Gasteiger partial charge in [0.05, 0.1) is 24.3 Å². The largest absolute Gasteiger partial charge is 0.508 e. The Morgan fingerprint density at radius 1 is 1.16 bits per heavy atom. The number of anilines is 1. The van der Waals surface area contributed by atoms with Crippen molar-refractivity contribution in [2.24, 2.45) is 11.8 Å². The molecular formula is C33H44N2O8. The van der Waals surface area contributed by atoms with Gasteiger partial charge in [-0.05, 0) is 44.4 Å². The van der Waals surface area contributed by atoms with E-state index < -0.39 is 42.3 Å². The molecule has 10 heteroatoms. The Kier molecular flexibility index (Phi) is 10.3. The number of hydrogen-bond donors (Lipinski definition) is 3. The van der Waals surface area contributed by atoms with Gasteiger partial charge in [0.1, 0.15) is 35.8 Å². The SMILES string of the molecule is CO[C@@H]1CC(=O)N2c3cc(O)cc4c3O[C@@H](/C=C/C=C/C[C@H](OC(=O)[C@@H](C)NC(=O)C(C)C)[C@H](C)[C@@H](O)/C(C)=C\CC4)[C@H]12. The predicted octanol–water partition coefficient (Wildman–Crippen LogP) is 3.74. The lowest BCUT2D eigenvalue weighted by molar-refractivity contribution is -0.156. The third kappa shape index (κ3) is 7.13. The van der Waals surface area contributed by atoms with Gasteiger partial charge in [-0.25, -0.2) is 4.79 Å². The highest BCUT2D eigenvalue weighted by molar-refractivity contribution is 5.99. The van der Waals surface area contributed by atoms with Gasteiger partial charge in [-0.2, -0.15) is 0 Å². The Balaban J connectivity index is 1.65. The van der Waals surface area contributed by atoms with Gasteiger partial charge in [0, 0.05) is 37.0 Å². The second-order valence-electron chi connectivity index (χ2n) is 12.0. The van der Waals surface area contributed by atoms with Crippen LogP contribution < -0.4 is 15.0 Å². The van der Waals surface area contributed by atoms with Crippen molar-refractivity contribution in [1.29, 1.82) is 0 Å². The summed E-state index contributed by atoms with van der Waals surface area (Å²) in [5.74, 6) is -1.04. The molecule has 0 aliphatic carbocycles. The zero-order valence-electron chi connectivity index (χ0n) is 25.8. The van der Waals surface area contributed by atoms with Crippen LogP contribution in [0.4, 0.5) is 5.69 Å². The molecule has 43 heavy (non-hydrogen) atoms. The van der Waals surface area contributed by atoms with Crippen LogP contribution in [0.15, 0.2) is 48.1 Å². The highest BCUT2D eigenvalue weighted by atomic mass is 16.5. The summed E-state index contributed by atoms with van der Waals surface area (Å²) in [6, 6.07) is 1.96. The van der Waals surface area contributed by atoms with Gasteiger partial charge in [-0.1, -0.05) is 45.1 Å². The average molecular weight is 597 g/mol. The van der Waals surface area contributed by atoms with Crippen LogP contribution in [-0.2, 0) is 30.3 Å². The lowest BCUT2D eigenvalue weighted by Gasteiger charge is -2.39. The fourth-order valence-corrected chi connectivity index (χ4v) is 5.83. The smallest absolute Gasteiger partial charge is 0.328 e. The van der Waals surface area contributed by atoms with Crippen LogP contribution in [0.1, 0.15) is 59.4 Å². The minimum atomic E-state index is -0.886. The molecule has 0 saturated carbocycles. The number of fused-ring (bicyclic) bond motifs is 4. The summed E-state index contributed by atoms with van der Waals surface area (Å²) in [5.41, 5.74) is 2.00. The highest BCUT2D eigenvalue weighted by Crippen LogP contribution is 2.46. The van der Waals surface area contributed by atoms with Crippen molar-refractivity contribution in [2.45, 2.75) is 96.8 Å². The zero-order valence-corrected chi connectivity index (χ0v) is 25.8. The number of aryl methyl sites for hydroxylation is 1. The lowest BCUT2D eigenvalue weighted by Crippen LogP contribution is -2.51. The number of phenolic OH excluding ortho intramolecular Hbond substituents is 1. The number of aliphatic hydroxyl groups is 1. The molecule has 4 rings (SSSR count). The topological polar surface area (TPSA) is 135 Å². The molecule has 1 saturated heterocycles. The van der Waals surface area contributed by atoms with Crippen molar-refractivity contribution < 1.29 is 38.8 Å². The summed E-state index contributed by atoms with van der Waals surface area (Å²) in [6.45, 7) is 8.74. The number of hydrogen-bond acceptors (Lipinski definition) is 8. The van der Waals surface area contributed by atoms with Crippen molar-refractivity contribution in [2.75, 3.05) is 12.0 Å². The van der Waals surface area contributed by atoms with E-state index in [0.717, 1.165) is 11.1 Å². The van der Waals surface area contributed by atoms with Gasteiger partial charge in [0.15, 0.2) is 0 Å². The summed E-state index contributed by atoms with van der Waals surface area (Å²) in [4.78, 5) is 39.9. The molecule has 1 fully saturated rings. The third-order valence-corrected chi connectivity index (χ3v) is 8.46. The Labute approximate surface area is 253 Å². The van der Waals surface area contributed by atoms with E-state index in [1.807, 2.05) is 44.2 Å². The van der Waals surface area contributed by atoms with Crippen molar-refractivity contribution in [3.05, 3.63) is 53.6 Å². The Hall–Kier alpha value is -3.63. The summed E-state index contributed by atoms with van der Waals surface area (Å²) in [6.07, 6.45) is 8.44. The maximum absolute atomic E-state index is 13.1. The molecule has 234 valence electrons. The molecule has 3 aliphatic rings. The number of benzene rings is 1. The first-order chi connectivity index (χ1) is 20.4. The van der Waals surface area contributed by atoms with E-state index >= 15 is 0 Å². The Morgan fingerprint density at radius 2 is 1.91 bits per heavy atom. The number of aliphatic hydroxyl groups excluding tert-OH is 1. The molecule has 0 spiro atoms. The van der Waals surface area contributed by atoms with Gasteiger partial charge in [0.25, 0.3) is 0 Å². The summed E-state index contributed by atoms with van der Waals surface area (Å²) >= 11 is 0. The first-order valence-corrected chi connectivity index (χ1v) is 15.0. The molecule has 1 aromatic carbocycles. The fraction of sp³-hybridized carbons (Fsp3) is 0.545. The molecule has 0 aromatic heterocycles. The van der Waals surface area contributed by atoms with Gasteiger partial charge >= 0.3 is 5.97 Å². The molecule has 3 N–H and O–H groups in total. The van der Waals surface area contributed by atoms with Gasteiger partial charge in [-0.3, -0.25) is 14.5 Å². The van der Waals surface area contributed by atoms with Crippen molar-refractivity contribution in [3.63, 3.8) is 0 Å². The molecule has 2 bridgehead atoms. The normalized spacial score (nSPS) is 30.8. The van der Waals surface area contributed by atoms with Crippen LogP contribution in [0.5, 0.6) is 11.5 Å². The van der Waals surface area contributed by atoms with Crippen LogP contribution in [-0.4, -0.2) is 71.6 Å². The van der Waals surface area contributed by atoms with Crippen LogP contribution in [0.25, 0.3) is 0 Å². The standard InChI is InChI=1S/C33H44N2O8/c1-18(2)32(39)34-21(5)33(40)43-25-13-8-7-9-14-26-29-27(41-6)17-28(37)35(29)24-16-23(36)15-22(31(24)42-26)12-10-11-19(3)30(38)20(25)4/h7-9,11,14-16,18,20-21,25-27,29-30,36,38H,10,12-13,17H2,1-6H3,(H,34,39)/b8-7+,14-9+,19-11-/t20-,21+,25-,26-,27+,29+,30-/m0/s1. The Morgan fingerprint density at radius 3 is 2.60 bits per heavy atom. The molecule has 0 radical (unpaired) electrons. The van der Waals surface area contributed by atoms with E-state index in [9.17, 15) is 24.6 Å². The second-order valence-corrected chi connectivity index (χ2v) is 12.0. The first-order valence-electron chi connectivity index (χ1n) is 15.0. The summed E-state index contributed by atoms with van der Waals surface area (Å²) in [7, 11) is 1.57. The number of carbonyl (C=O) groups is 3. The number of amides is 2. The number of allylic oxidation sites excluding steroid dienone is 3. The first kappa shape index (κ1) is 32.3. The van der Waals surface area contributed by atoms with Crippen LogP contribution in [0.2, 0.25) is 0 Å². The number of esters is 1. The van der Waals surface area contributed by atoms with E-state index in [1.54, 1.807) is 44.9 Å². The van der Waals surface area contributed by atoms with E-state index in [-0.39, 0.29) is 36.0 Å². The Bertz CT molecular complexity index is 1300. The predicted molar refractivity (Wildman–Crippen MR) is 162 cm³/mol. The molecular weight excluding hydrogens is 552 g/mol. The minimum Gasteiger partial charge on any atom is -0.508 e. The molecule has 3 aliphatic heterocycles. The maximum Gasteiger partial charge on any atom is 0.328 e. The molecule has 3 heterocycles. The lowest BCUT2D eigenvalue weighted by atomic mass is 9.90. The zero-order chi connectivity index (χ0) is 31.4. The highest BCUT2D eigenvalue weighted by Gasteiger charge is 2.49. The number of rotatable bonds is 5. The average Bonchev–Trinajstić information content (AvgIpc) is 3.31. The number of carbonyl (C=O) groups excluding carboxylic acids is 3. The van der Waals surface area contributed by atoms with Crippen molar-refractivity contribution in [3.8, 4) is 11.5 Å². The van der Waals surface area contributed by atoms with Gasteiger partial charge in [0.2, 0.25) is 11.8 Å². The van der Waals surface area contributed by atoms with E-state index in [2.05, 4.69) is 5.32 Å². The molecule has 1 aromatic rings. The van der Waals surface area contributed by atoms with Crippen molar-refractivity contribution >= 4 is 23.5 Å². The number of nitrogens with zero attached hydrogens (tertiary/aromatic N) is 1. The van der Waals surface area contributed by atoms with Gasteiger partial charge in [-0.15, -0.1) is 0 Å². The number of phenols is 1. The fourth-order valence-electron chi connectivity index (χ4n) is 5.83.